The number of hydrogen-bond acceptors (Lipinski definition) is 1. The first-order valence-corrected chi connectivity index (χ1v) is 4.81. The number of hydrogen-bond donors (Lipinski definition) is 0. The molecule has 0 fully saturated rings. The fraction of sp³-hybridized carbons (Fsp3) is 0.100. The second kappa shape index (κ2) is 3.30. The quantitative estimate of drug-likeness (QED) is 0.635. The zero-order valence-corrected chi connectivity index (χ0v) is 8.93. The van der Waals surface area contributed by atoms with Crippen molar-refractivity contribution in [1.82, 2.24) is 4.57 Å². The van der Waals surface area contributed by atoms with Crippen molar-refractivity contribution >= 4 is 34.0 Å². The molecule has 72 valence electrons. The molecule has 0 bridgehead atoms. The maximum absolute atomic E-state index is 11.7. The van der Waals surface area contributed by atoms with Gasteiger partial charge in [0.25, 0.3) is 5.56 Å². The van der Waals surface area contributed by atoms with E-state index in [1.165, 1.54) is 4.57 Å². The topological polar surface area (TPSA) is 22.0 Å². The van der Waals surface area contributed by atoms with Crippen molar-refractivity contribution in [2.24, 2.45) is 7.05 Å². The monoisotopic (exact) mass is 227 g/mol. The first kappa shape index (κ1) is 9.56. The molecule has 0 aliphatic carbocycles. The molecule has 1 aromatic carbocycles. The van der Waals surface area contributed by atoms with E-state index in [-0.39, 0.29) is 10.7 Å². The number of pyridine rings is 1. The molecule has 0 amide bonds. The van der Waals surface area contributed by atoms with Crippen LogP contribution in [-0.4, -0.2) is 4.57 Å². The Labute approximate surface area is 90.7 Å². The number of aromatic nitrogens is 1. The van der Waals surface area contributed by atoms with Gasteiger partial charge in [-0.25, -0.2) is 0 Å². The van der Waals surface area contributed by atoms with Crippen LogP contribution in [-0.2, 0) is 7.05 Å². The summed E-state index contributed by atoms with van der Waals surface area (Å²) in [7, 11) is 1.60. The van der Waals surface area contributed by atoms with Gasteiger partial charge < -0.3 is 4.57 Å². The normalized spacial score (nSPS) is 10.8. The van der Waals surface area contributed by atoms with Crippen molar-refractivity contribution in [2.75, 3.05) is 0 Å². The number of halogens is 2. The van der Waals surface area contributed by atoms with E-state index in [0.717, 1.165) is 0 Å². The predicted octanol–water partition coefficient (Wildman–Crippen LogP) is 2.85. The lowest BCUT2D eigenvalue weighted by molar-refractivity contribution is 0.874. The second-order valence-corrected chi connectivity index (χ2v) is 3.75. The summed E-state index contributed by atoms with van der Waals surface area (Å²) in [6.07, 6.45) is 0. The van der Waals surface area contributed by atoms with Gasteiger partial charge in [0.05, 0.1) is 5.02 Å². The molecule has 0 saturated carbocycles. The van der Waals surface area contributed by atoms with Gasteiger partial charge in [-0.15, -0.1) is 0 Å². The summed E-state index contributed by atoms with van der Waals surface area (Å²) in [4.78, 5) is 11.7. The first-order chi connectivity index (χ1) is 6.63. The van der Waals surface area contributed by atoms with Gasteiger partial charge in [-0.2, -0.15) is 0 Å². The lowest BCUT2D eigenvalue weighted by Crippen LogP contribution is -2.17. The molecule has 0 spiro atoms. The minimum absolute atomic E-state index is 0.130. The van der Waals surface area contributed by atoms with Crippen molar-refractivity contribution in [2.45, 2.75) is 0 Å². The lowest BCUT2D eigenvalue weighted by atomic mass is 10.2. The fourth-order valence-corrected chi connectivity index (χ4v) is 1.86. The standard InChI is InChI=1S/C10H7Cl2NO/c1-13-9(12)8(11)6-4-2-3-5-7(6)10(13)14/h2-5H,1H3. The van der Waals surface area contributed by atoms with Crippen molar-refractivity contribution < 1.29 is 0 Å². The van der Waals surface area contributed by atoms with E-state index >= 15 is 0 Å². The van der Waals surface area contributed by atoms with Crippen LogP contribution in [0.15, 0.2) is 29.1 Å². The third-order valence-corrected chi connectivity index (χ3v) is 3.10. The molecule has 0 saturated heterocycles. The minimum Gasteiger partial charge on any atom is -0.300 e. The lowest BCUT2D eigenvalue weighted by Gasteiger charge is -2.06. The zero-order chi connectivity index (χ0) is 10.3. The van der Waals surface area contributed by atoms with E-state index < -0.39 is 0 Å². The summed E-state index contributed by atoms with van der Waals surface area (Å²) < 4.78 is 1.34. The SMILES string of the molecule is Cn1c(Cl)c(Cl)c2ccccc2c1=O. The number of nitrogens with zero attached hydrogens (tertiary/aromatic N) is 1. The summed E-state index contributed by atoms with van der Waals surface area (Å²) in [5.41, 5.74) is -0.130. The molecule has 0 aliphatic rings. The molecule has 0 atom stereocenters. The Kier molecular flexibility index (Phi) is 2.25. The van der Waals surface area contributed by atoms with Crippen LogP contribution < -0.4 is 5.56 Å². The molecule has 1 aromatic heterocycles. The molecular weight excluding hydrogens is 221 g/mol. The minimum atomic E-state index is -0.130. The van der Waals surface area contributed by atoms with E-state index in [1.807, 2.05) is 6.07 Å². The van der Waals surface area contributed by atoms with Crippen LogP contribution in [0.1, 0.15) is 0 Å². The van der Waals surface area contributed by atoms with Gasteiger partial charge in [-0.1, -0.05) is 41.4 Å². The number of fused-ring (bicyclic) bond motifs is 1. The van der Waals surface area contributed by atoms with Gasteiger partial charge in [0, 0.05) is 17.8 Å². The Morgan fingerprint density at radius 3 is 2.36 bits per heavy atom. The highest BCUT2D eigenvalue weighted by Crippen LogP contribution is 2.27. The molecule has 2 nitrogen and oxygen atoms in total. The van der Waals surface area contributed by atoms with Crippen molar-refractivity contribution in [3.05, 3.63) is 44.8 Å². The summed E-state index contributed by atoms with van der Waals surface area (Å²) in [6, 6.07) is 7.14. The molecule has 0 unspecified atom stereocenters. The summed E-state index contributed by atoms with van der Waals surface area (Å²) in [6.45, 7) is 0. The van der Waals surface area contributed by atoms with Crippen LogP contribution >= 0.6 is 23.2 Å². The van der Waals surface area contributed by atoms with Crippen LogP contribution in [0.25, 0.3) is 10.8 Å². The molecule has 0 aliphatic heterocycles. The second-order valence-electron chi connectivity index (χ2n) is 3.01. The molecule has 2 aromatic rings. The van der Waals surface area contributed by atoms with Gasteiger partial charge >= 0.3 is 0 Å². The molecular formula is C10H7Cl2NO. The van der Waals surface area contributed by atoms with Crippen LogP contribution in [0.5, 0.6) is 0 Å². The van der Waals surface area contributed by atoms with Crippen molar-refractivity contribution in [3.63, 3.8) is 0 Å². The first-order valence-electron chi connectivity index (χ1n) is 4.05. The zero-order valence-electron chi connectivity index (χ0n) is 7.42. The predicted molar refractivity (Wildman–Crippen MR) is 59.2 cm³/mol. The number of rotatable bonds is 0. The Hall–Kier alpha value is -0.990. The molecule has 4 heteroatoms. The molecule has 0 radical (unpaired) electrons. The van der Waals surface area contributed by atoms with Crippen molar-refractivity contribution in [3.8, 4) is 0 Å². The van der Waals surface area contributed by atoms with Gasteiger partial charge in [-0.3, -0.25) is 4.79 Å². The summed E-state index contributed by atoms with van der Waals surface area (Å²) in [5, 5.41) is 1.98. The van der Waals surface area contributed by atoms with Gasteiger partial charge in [0.15, 0.2) is 0 Å². The Bertz CT molecular complexity index is 560. The van der Waals surface area contributed by atoms with Crippen molar-refractivity contribution in [1.29, 1.82) is 0 Å². The van der Waals surface area contributed by atoms with Crippen LogP contribution in [0.2, 0.25) is 10.2 Å². The highest BCUT2D eigenvalue weighted by atomic mass is 35.5. The maximum Gasteiger partial charge on any atom is 0.259 e. The molecule has 2 rings (SSSR count). The Morgan fingerprint density at radius 2 is 1.71 bits per heavy atom. The summed E-state index contributed by atoms with van der Waals surface area (Å²) in [5.74, 6) is 0. The Balaban J connectivity index is 3.10. The molecule has 1 heterocycles. The average Bonchev–Trinajstić information content (AvgIpc) is 2.23. The number of benzene rings is 1. The smallest absolute Gasteiger partial charge is 0.259 e. The van der Waals surface area contributed by atoms with Gasteiger partial charge in [0.2, 0.25) is 0 Å². The highest BCUT2D eigenvalue weighted by Gasteiger charge is 2.10. The molecule has 0 N–H and O–H groups in total. The Morgan fingerprint density at radius 1 is 1.14 bits per heavy atom. The third kappa shape index (κ3) is 1.22. The largest absolute Gasteiger partial charge is 0.300 e. The van der Waals surface area contributed by atoms with E-state index in [9.17, 15) is 4.79 Å². The van der Waals surface area contributed by atoms with Crippen LogP contribution in [0.3, 0.4) is 0 Å². The highest BCUT2D eigenvalue weighted by molar-refractivity contribution is 6.44. The third-order valence-electron chi connectivity index (χ3n) is 2.17. The van der Waals surface area contributed by atoms with Crippen LogP contribution in [0, 0.1) is 0 Å². The van der Waals surface area contributed by atoms with E-state index in [1.54, 1.807) is 25.2 Å². The van der Waals surface area contributed by atoms with Crippen LogP contribution in [0.4, 0.5) is 0 Å². The maximum atomic E-state index is 11.7. The summed E-state index contributed by atoms with van der Waals surface area (Å²) >= 11 is 11.9. The fourth-order valence-electron chi connectivity index (χ4n) is 1.39. The van der Waals surface area contributed by atoms with Gasteiger partial charge in [-0.05, 0) is 6.07 Å². The van der Waals surface area contributed by atoms with E-state index in [4.69, 9.17) is 23.2 Å². The van der Waals surface area contributed by atoms with E-state index in [0.29, 0.717) is 15.8 Å². The average molecular weight is 228 g/mol. The molecule has 14 heavy (non-hydrogen) atoms. The van der Waals surface area contributed by atoms with E-state index in [2.05, 4.69) is 0 Å². The van der Waals surface area contributed by atoms with Gasteiger partial charge in [0.1, 0.15) is 5.15 Å².